The summed E-state index contributed by atoms with van der Waals surface area (Å²) in [6.45, 7) is 0. The molecule has 0 saturated heterocycles. The lowest BCUT2D eigenvalue weighted by Gasteiger charge is -2.02. The third-order valence-electron chi connectivity index (χ3n) is 2.27. The van der Waals surface area contributed by atoms with Crippen LogP contribution >= 0.6 is 32.9 Å². The van der Waals surface area contributed by atoms with Gasteiger partial charge in [-0.1, -0.05) is 30.3 Å². The van der Waals surface area contributed by atoms with Gasteiger partial charge < -0.3 is 0 Å². The molecule has 1 aromatic carbocycles. The lowest BCUT2D eigenvalue weighted by atomic mass is 10.0. The summed E-state index contributed by atoms with van der Waals surface area (Å²) >= 11 is 3.28. The zero-order valence-corrected chi connectivity index (χ0v) is 12.3. The highest BCUT2D eigenvalue weighted by atomic mass is 79.9. The molecular formula is C13H11Br2NO. The fourth-order valence-corrected chi connectivity index (χ4v) is 1.94. The second-order valence-electron chi connectivity index (χ2n) is 3.43. The van der Waals surface area contributed by atoms with Crippen LogP contribution in [0.1, 0.15) is 15.9 Å². The van der Waals surface area contributed by atoms with Gasteiger partial charge >= 0.3 is 0 Å². The van der Waals surface area contributed by atoms with Crippen molar-refractivity contribution >= 4 is 38.7 Å². The molecule has 0 bridgehead atoms. The molecule has 0 radical (unpaired) electrons. The molecule has 88 valence electrons. The van der Waals surface area contributed by atoms with Gasteiger partial charge in [-0.25, -0.2) is 4.98 Å². The molecule has 2 aromatic rings. The number of rotatable bonds is 3. The molecule has 0 aliphatic carbocycles. The number of ketones is 1. The summed E-state index contributed by atoms with van der Waals surface area (Å²) in [6.07, 6.45) is 2.06. The highest BCUT2D eigenvalue weighted by Crippen LogP contribution is 2.15. The van der Waals surface area contributed by atoms with Crippen molar-refractivity contribution in [3.63, 3.8) is 0 Å². The topological polar surface area (TPSA) is 30.0 Å². The number of hydrogen-bond donors (Lipinski definition) is 0. The van der Waals surface area contributed by atoms with Crippen molar-refractivity contribution < 1.29 is 4.79 Å². The number of pyridine rings is 1. The van der Waals surface area contributed by atoms with E-state index in [2.05, 4.69) is 20.9 Å². The third kappa shape index (κ3) is 3.75. The molecule has 0 aliphatic heterocycles. The average molecular weight is 357 g/mol. The SMILES string of the molecule is Br.O=C(Cc1ccccc1)c1cccnc1Br. The Morgan fingerprint density at radius 3 is 2.47 bits per heavy atom. The molecular weight excluding hydrogens is 346 g/mol. The van der Waals surface area contributed by atoms with Crippen molar-refractivity contribution in [2.24, 2.45) is 0 Å². The monoisotopic (exact) mass is 355 g/mol. The van der Waals surface area contributed by atoms with E-state index >= 15 is 0 Å². The Balaban J connectivity index is 0.00000144. The zero-order chi connectivity index (χ0) is 11.4. The summed E-state index contributed by atoms with van der Waals surface area (Å²) in [6, 6.07) is 13.2. The van der Waals surface area contributed by atoms with Gasteiger partial charge in [-0.2, -0.15) is 0 Å². The van der Waals surface area contributed by atoms with E-state index in [-0.39, 0.29) is 22.8 Å². The number of aromatic nitrogens is 1. The predicted octanol–water partition coefficient (Wildman–Crippen LogP) is 3.85. The van der Waals surface area contributed by atoms with E-state index in [1.165, 1.54) is 0 Å². The average Bonchev–Trinajstić information content (AvgIpc) is 2.31. The van der Waals surface area contributed by atoms with Crippen LogP contribution in [0, 0.1) is 0 Å². The van der Waals surface area contributed by atoms with Crippen LogP contribution in [0.25, 0.3) is 0 Å². The van der Waals surface area contributed by atoms with Gasteiger partial charge in [0.2, 0.25) is 0 Å². The van der Waals surface area contributed by atoms with Crippen LogP contribution in [0.15, 0.2) is 53.3 Å². The first-order chi connectivity index (χ1) is 7.77. The summed E-state index contributed by atoms with van der Waals surface area (Å²) in [5.74, 6) is 0.0752. The first-order valence-corrected chi connectivity index (χ1v) is 5.74. The minimum absolute atomic E-state index is 0. The molecule has 0 aliphatic rings. The van der Waals surface area contributed by atoms with Gasteiger partial charge in [0.15, 0.2) is 5.78 Å². The minimum atomic E-state index is 0. The van der Waals surface area contributed by atoms with Crippen LogP contribution in [-0.2, 0) is 6.42 Å². The summed E-state index contributed by atoms with van der Waals surface area (Å²) in [4.78, 5) is 16.0. The van der Waals surface area contributed by atoms with E-state index in [4.69, 9.17) is 0 Å². The first kappa shape index (κ1) is 14.1. The lowest BCUT2D eigenvalue weighted by molar-refractivity contribution is 0.0992. The van der Waals surface area contributed by atoms with Crippen molar-refractivity contribution in [2.45, 2.75) is 6.42 Å². The number of carbonyl (C=O) groups excluding carboxylic acids is 1. The predicted molar refractivity (Wildman–Crippen MR) is 76.7 cm³/mol. The Morgan fingerprint density at radius 1 is 1.12 bits per heavy atom. The van der Waals surface area contributed by atoms with Crippen molar-refractivity contribution in [3.05, 3.63) is 64.4 Å². The quantitative estimate of drug-likeness (QED) is 0.617. The van der Waals surface area contributed by atoms with Crippen LogP contribution < -0.4 is 0 Å². The summed E-state index contributed by atoms with van der Waals surface area (Å²) in [5.41, 5.74) is 1.65. The van der Waals surface area contributed by atoms with Crippen LogP contribution in [0.2, 0.25) is 0 Å². The Kier molecular flexibility index (Phi) is 5.51. The first-order valence-electron chi connectivity index (χ1n) is 4.95. The van der Waals surface area contributed by atoms with E-state index in [1.807, 2.05) is 30.3 Å². The van der Waals surface area contributed by atoms with Crippen molar-refractivity contribution in [1.29, 1.82) is 0 Å². The van der Waals surface area contributed by atoms with Crippen molar-refractivity contribution in [2.75, 3.05) is 0 Å². The molecule has 1 heterocycles. The molecule has 0 saturated carbocycles. The highest BCUT2D eigenvalue weighted by molar-refractivity contribution is 9.10. The number of hydrogen-bond acceptors (Lipinski definition) is 2. The second kappa shape index (κ2) is 6.67. The fourth-order valence-electron chi connectivity index (χ4n) is 1.47. The highest BCUT2D eigenvalue weighted by Gasteiger charge is 2.10. The van der Waals surface area contributed by atoms with Gasteiger partial charge in [0.05, 0.1) is 5.56 Å². The smallest absolute Gasteiger partial charge is 0.169 e. The molecule has 0 unspecified atom stereocenters. The summed E-state index contributed by atoms with van der Waals surface area (Å²) in [7, 11) is 0. The van der Waals surface area contributed by atoms with Crippen LogP contribution in [0.5, 0.6) is 0 Å². The number of halogens is 2. The largest absolute Gasteiger partial charge is 0.294 e. The Labute approximate surface area is 119 Å². The maximum Gasteiger partial charge on any atom is 0.169 e. The van der Waals surface area contributed by atoms with Gasteiger partial charge in [-0.05, 0) is 33.6 Å². The Hall–Kier alpha value is -1.00. The van der Waals surface area contributed by atoms with E-state index in [0.717, 1.165) is 5.56 Å². The van der Waals surface area contributed by atoms with Crippen molar-refractivity contribution in [1.82, 2.24) is 4.98 Å². The molecule has 0 spiro atoms. The van der Waals surface area contributed by atoms with Crippen LogP contribution in [-0.4, -0.2) is 10.8 Å². The van der Waals surface area contributed by atoms with Gasteiger partial charge in [0, 0.05) is 12.6 Å². The zero-order valence-electron chi connectivity index (χ0n) is 8.97. The van der Waals surface area contributed by atoms with Crippen LogP contribution in [0.3, 0.4) is 0 Å². The van der Waals surface area contributed by atoms with E-state index < -0.39 is 0 Å². The normalized spacial score (nSPS) is 9.47. The molecule has 2 nitrogen and oxygen atoms in total. The molecule has 4 heteroatoms. The van der Waals surface area contributed by atoms with E-state index in [1.54, 1.807) is 18.3 Å². The third-order valence-corrected chi connectivity index (χ3v) is 2.90. The number of nitrogens with zero attached hydrogens (tertiary/aromatic N) is 1. The maximum absolute atomic E-state index is 12.0. The summed E-state index contributed by atoms with van der Waals surface area (Å²) in [5, 5.41) is 0. The van der Waals surface area contributed by atoms with Gasteiger partial charge in [-0.3, -0.25) is 4.79 Å². The molecule has 2 rings (SSSR count). The van der Waals surface area contributed by atoms with Crippen LogP contribution in [0.4, 0.5) is 0 Å². The van der Waals surface area contributed by atoms with E-state index in [0.29, 0.717) is 16.6 Å². The minimum Gasteiger partial charge on any atom is -0.294 e. The maximum atomic E-state index is 12.0. The number of benzene rings is 1. The molecule has 1 aromatic heterocycles. The number of carbonyl (C=O) groups is 1. The van der Waals surface area contributed by atoms with Crippen molar-refractivity contribution in [3.8, 4) is 0 Å². The van der Waals surface area contributed by atoms with Gasteiger partial charge in [0.1, 0.15) is 4.60 Å². The molecule has 0 atom stereocenters. The summed E-state index contributed by atoms with van der Waals surface area (Å²) < 4.78 is 0.607. The Bertz CT molecular complexity index is 500. The van der Waals surface area contributed by atoms with E-state index in [9.17, 15) is 4.79 Å². The Morgan fingerprint density at radius 2 is 1.82 bits per heavy atom. The fraction of sp³-hybridized carbons (Fsp3) is 0.0769. The second-order valence-corrected chi connectivity index (χ2v) is 4.18. The molecule has 0 fully saturated rings. The molecule has 0 N–H and O–H groups in total. The lowest BCUT2D eigenvalue weighted by Crippen LogP contribution is -2.04. The standard InChI is InChI=1S/C13H10BrNO.BrH/c14-13-11(7-4-8-15-13)12(16)9-10-5-2-1-3-6-10;/h1-8H,9H2;1H. The molecule has 17 heavy (non-hydrogen) atoms. The molecule has 0 amide bonds. The van der Waals surface area contributed by atoms with Gasteiger partial charge in [-0.15, -0.1) is 17.0 Å². The number of Topliss-reactive ketones (excluding diaryl/α,β-unsaturated/α-hetero) is 1. The van der Waals surface area contributed by atoms with Gasteiger partial charge in [0.25, 0.3) is 0 Å².